The first kappa shape index (κ1) is 14.5. The Hall–Kier alpha value is -2.86. The Labute approximate surface area is 124 Å². The molecule has 1 aromatic carbocycles. The van der Waals surface area contributed by atoms with Gasteiger partial charge in [0.2, 0.25) is 0 Å². The third-order valence-electron chi connectivity index (χ3n) is 2.99. The van der Waals surface area contributed by atoms with Crippen molar-refractivity contribution in [3.63, 3.8) is 0 Å². The number of nitrogens with one attached hydrogen (secondary N) is 1. The molecule has 104 valence electrons. The van der Waals surface area contributed by atoms with E-state index in [4.69, 9.17) is 5.26 Å². The molecule has 1 aromatic heterocycles. The zero-order chi connectivity index (χ0) is 15.1. The number of nitriles is 1. The van der Waals surface area contributed by atoms with E-state index in [2.05, 4.69) is 24.0 Å². The van der Waals surface area contributed by atoms with Crippen LogP contribution in [0.5, 0.6) is 0 Å². The smallest absolute Gasteiger partial charge is 0.0926 e. The first-order chi connectivity index (χ1) is 10.2. The SMILES string of the molecule is CC(C)=c1c(/C=C/c2ccccc2)n[nH]/c1=C/C=C/C#N. The Bertz CT molecular complexity index is 812. The van der Waals surface area contributed by atoms with E-state index in [1.807, 2.05) is 54.6 Å². The molecule has 0 fully saturated rings. The third kappa shape index (κ3) is 3.80. The monoisotopic (exact) mass is 275 g/mol. The van der Waals surface area contributed by atoms with Crippen molar-refractivity contribution in [1.29, 1.82) is 5.26 Å². The van der Waals surface area contributed by atoms with Crippen molar-refractivity contribution < 1.29 is 0 Å². The van der Waals surface area contributed by atoms with Crippen molar-refractivity contribution in [3.05, 3.63) is 64.3 Å². The van der Waals surface area contributed by atoms with Gasteiger partial charge in [0, 0.05) is 11.3 Å². The summed E-state index contributed by atoms with van der Waals surface area (Å²) in [6.07, 6.45) is 9.05. The Balaban J connectivity index is 2.46. The zero-order valence-corrected chi connectivity index (χ0v) is 12.2. The molecular formula is C18H17N3. The van der Waals surface area contributed by atoms with Crippen molar-refractivity contribution in [3.8, 4) is 6.07 Å². The van der Waals surface area contributed by atoms with Crippen molar-refractivity contribution in [1.82, 2.24) is 10.2 Å². The first-order valence-electron chi connectivity index (χ1n) is 6.74. The van der Waals surface area contributed by atoms with E-state index in [1.54, 1.807) is 6.08 Å². The van der Waals surface area contributed by atoms with E-state index < -0.39 is 0 Å². The van der Waals surface area contributed by atoms with Crippen LogP contribution in [0.1, 0.15) is 25.1 Å². The molecule has 0 saturated heterocycles. The predicted molar refractivity (Wildman–Crippen MR) is 87.2 cm³/mol. The highest BCUT2D eigenvalue weighted by Gasteiger charge is 1.99. The molecule has 0 aliphatic rings. The Morgan fingerprint density at radius 1 is 1.19 bits per heavy atom. The van der Waals surface area contributed by atoms with Gasteiger partial charge >= 0.3 is 0 Å². The number of benzene rings is 1. The van der Waals surface area contributed by atoms with Gasteiger partial charge in [-0.2, -0.15) is 10.4 Å². The van der Waals surface area contributed by atoms with E-state index in [0.29, 0.717) is 0 Å². The van der Waals surface area contributed by atoms with E-state index in [9.17, 15) is 0 Å². The lowest BCUT2D eigenvalue weighted by atomic mass is 10.1. The minimum atomic E-state index is 0.899. The minimum absolute atomic E-state index is 0.899. The lowest BCUT2D eigenvalue weighted by Crippen LogP contribution is -2.25. The molecule has 0 bridgehead atoms. The second kappa shape index (κ2) is 7.06. The van der Waals surface area contributed by atoms with Crippen LogP contribution in [-0.2, 0) is 0 Å². The summed E-state index contributed by atoms with van der Waals surface area (Å²) in [6.45, 7) is 4.10. The maximum Gasteiger partial charge on any atom is 0.0926 e. The molecule has 0 unspecified atom stereocenters. The van der Waals surface area contributed by atoms with Gasteiger partial charge in [0.05, 0.1) is 17.1 Å². The lowest BCUT2D eigenvalue weighted by molar-refractivity contribution is 1.05. The number of nitrogens with zero attached hydrogens (tertiary/aromatic N) is 2. The van der Waals surface area contributed by atoms with Crippen molar-refractivity contribution in [2.45, 2.75) is 13.8 Å². The molecule has 21 heavy (non-hydrogen) atoms. The van der Waals surface area contributed by atoms with Crippen LogP contribution in [0.25, 0.3) is 23.8 Å². The zero-order valence-electron chi connectivity index (χ0n) is 12.2. The molecule has 0 amide bonds. The van der Waals surface area contributed by atoms with E-state index in [0.717, 1.165) is 21.8 Å². The van der Waals surface area contributed by atoms with E-state index in [-0.39, 0.29) is 0 Å². The van der Waals surface area contributed by atoms with Crippen LogP contribution in [-0.4, -0.2) is 10.2 Å². The van der Waals surface area contributed by atoms with Gasteiger partial charge in [0.1, 0.15) is 0 Å². The highest BCUT2D eigenvalue weighted by molar-refractivity contribution is 5.69. The number of rotatable bonds is 3. The number of aromatic nitrogens is 2. The molecule has 3 nitrogen and oxygen atoms in total. The van der Waals surface area contributed by atoms with Gasteiger partial charge in [-0.25, -0.2) is 0 Å². The molecule has 0 aliphatic carbocycles. The standard InChI is InChI=1S/C18H17N3/c1-14(2)18-16(10-6-7-13-19)20-21-17(18)12-11-15-8-4-3-5-9-15/h3-12,20H,1-2H3/b7-6+,12-11+,16-10+. The molecule has 1 heterocycles. The first-order valence-corrected chi connectivity index (χ1v) is 6.74. The summed E-state index contributed by atoms with van der Waals surface area (Å²) < 4.78 is 0. The summed E-state index contributed by atoms with van der Waals surface area (Å²) in [7, 11) is 0. The maximum atomic E-state index is 8.54. The molecule has 0 radical (unpaired) electrons. The normalized spacial score (nSPS) is 12.1. The number of H-pyrrole nitrogens is 1. The van der Waals surface area contributed by atoms with Gasteiger partial charge in [0.25, 0.3) is 0 Å². The topological polar surface area (TPSA) is 52.5 Å². The molecule has 2 aromatic rings. The Morgan fingerprint density at radius 2 is 1.95 bits per heavy atom. The molecule has 3 heteroatoms. The van der Waals surface area contributed by atoms with Crippen LogP contribution in [0.4, 0.5) is 0 Å². The summed E-state index contributed by atoms with van der Waals surface area (Å²) >= 11 is 0. The van der Waals surface area contributed by atoms with E-state index in [1.165, 1.54) is 11.6 Å². The fourth-order valence-corrected chi connectivity index (χ4v) is 2.06. The molecular weight excluding hydrogens is 258 g/mol. The summed E-state index contributed by atoms with van der Waals surface area (Å²) in [4.78, 5) is 0. The molecule has 0 saturated carbocycles. The molecule has 0 atom stereocenters. The second-order valence-corrected chi connectivity index (χ2v) is 4.80. The summed E-state index contributed by atoms with van der Waals surface area (Å²) in [5.74, 6) is 0. The van der Waals surface area contributed by atoms with Gasteiger partial charge in [-0.05, 0) is 37.6 Å². The fraction of sp³-hybridized carbons (Fsp3) is 0.111. The Kier molecular flexibility index (Phi) is 4.89. The van der Waals surface area contributed by atoms with Crippen LogP contribution in [0.15, 0.2) is 42.5 Å². The highest BCUT2D eigenvalue weighted by Crippen LogP contribution is 2.03. The van der Waals surface area contributed by atoms with Crippen LogP contribution in [0.2, 0.25) is 0 Å². The number of hydrogen-bond donors (Lipinski definition) is 1. The largest absolute Gasteiger partial charge is 0.277 e. The summed E-state index contributed by atoms with van der Waals surface area (Å²) in [6, 6.07) is 12.1. The van der Waals surface area contributed by atoms with Gasteiger partial charge in [-0.3, -0.25) is 5.10 Å². The predicted octanol–water partition coefficient (Wildman–Crippen LogP) is 2.63. The second-order valence-electron chi connectivity index (χ2n) is 4.80. The van der Waals surface area contributed by atoms with Gasteiger partial charge in [0.15, 0.2) is 0 Å². The summed E-state index contributed by atoms with van der Waals surface area (Å²) in [5, 5.41) is 17.9. The number of allylic oxidation sites excluding steroid dienone is 2. The molecule has 1 N–H and O–H groups in total. The fourth-order valence-electron chi connectivity index (χ4n) is 2.06. The molecule has 0 spiro atoms. The number of aromatic amines is 1. The molecule has 0 aliphatic heterocycles. The minimum Gasteiger partial charge on any atom is -0.277 e. The average molecular weight is 275 g/mol. The lowest BCUT2D eigenvalue weighted by Gasteiger charge is -1.92. The quantitative estimate of drug-likeness (QED) is 0.875. The Morgan fingerprint density at radius 3 is 2.62 bits per heavy atom. The van der Waals surface area contributed by atoms with Crippen molar-refractivity contribution in [2.75, 3.05) is 0 Å². The average Bonchev–Trinajstić information content (AvgIpc) is 2.90. The van der Waals surface area contributed by atoms with Crippen molar-refractivity contribution in [2.24, 2.45) is 0 Å². The number of hydrogen-bond acceptors (Lipinski definition) is 2. The molecule has 2 rings (SSSR count). The van der Waals surface area contributed by atoms with Gasteiger partial charge in [-0.15, -0.1) is 0 Å². The van der Waals surface area contributed by atoms with Crippen LogP contribution in [0, 0.1) is 11.3 Å². The van der Waals surface area contributed by atoms with Gasteiger partial charge < -0.3 is 0 Å². The highest BCUT2D eigenvalue weighted by atomic mass is 15.1. The van der Waals surface area contributed by atoms with Gasteiger partial charge in [-0.1, -0.05) is 42.0 Å². The van der Waals surface area contributed by atoms with Crippen LogP contribution >= 0.6 is 0 Å². The van der Waals surface area contributed by atoms with Crippen LogP contribution < -0.4 is 10.6 Å². The van der Waals surface area contributed by atoms with Crippen LogP contribution in [0.3, 0.4) is 0 Å². The van der Waals surface area contributed by atoms with E-state index >= 15 is 0 Å². The third-order valence-corrected chi connectivity index (χ3v) is 2.99. The van der Waals surface area contributed by atoms with Crippen molar-refractivity contribution >= 4 is 23.8 Å². The summed E-state index contributed by atoms with van der Waals surface area (Å²) in [5.41, 5.74) is 3.21. The maximum absolute atomic E-state index is 8.54.